The minimum Gasteiger partial charge on any atom is -0.326 e. The fourth-order valence-electron chi connectivity index (χ4n) is 2.54. The lowest BCUT2D eigenvalue weighted by atomic mass is 10.2. The summed E-state index contributed by atoms with van der Waals surface area (Å²) in [6, 6.07) is 21.7. The number of aliphatic imine (C=N–C) groups is 1. The van der Waals surface area contributed by atoms with Crippen LogP contribution < -0.4 is 16.0 Å². The van der Waals surface area contributed by atoms with Gasteiger partial charge in [-0.05, 0) is 42.5 Å². The van der Waals surface area contributed by atoms with E-state index in [4.69, 9.17) is 0 Å². The Morgan fingerprint density at radius 1 is 0.897 bits per heavy atom. The van der Waals surface area contributed by atoms with Gasteiger partial charge in [-0.25, -0.2) is 4.99 Å². The highest BCUT2D eigenvalue weighted by molar-refractivity contribution is 6.10. The van der Waals surface area contributed by atoms with Crippen LogP contribution >= 0.6 is 0 Å². The van der Waals surface area contributed by atoms with Crippen molar-refractivity contribution >= 4 is 29.1 Å². The smallest absolute Gasteiger partial charge is 0.258 e. The third-order valence-electron chi connectivity index (χ3n) is 3.84. The number of hydrogen-bond donors (Lipinski definition) is 3. The van der Waals surface area contributed by atoms with E-state index >= 15 is 0 Å². The Balaban J connectivity index is 1.78. The van der Waals surface area contributed by atoms with E-state index in [0.717, 1.165) is 11.4 Å². The average molecular weight is 387 g/mol. The summed E-state index contributed by atoms with van der Waals surface area (Å²) in [5, 5.41) is 8.58. The van der Waals surface area contributed by atoms with Crippen molar-refractivity contribution in [1.29, 1.82) is 0 Å². The minimum absolute atomic E-state index is 0.203. The van der Waals surface area contributed by atoms with Crippen molar-refractivity contribution in [2.45, 2.75) is 13.5 Å². The lowest BCUT2D eigenvalue weighted by molar-refractivity contribution is -0.114. The number of pyridine rings is 1. The Morgan fingerprint density at radius 2 is 1.66 bits per heavy atom. The lowest BCUT2D eigenvalue weighted by Gasteiger charge is -2.12. The molecule has 0 bridgehead atoms. The van der Waals surface area contributed by atoms with Crippen molar-refractivity contribution in [3.8, 4) is 0 Å². The van der Waals surface area contributed by atoms with Crippen molar-refractivity contribution < 1.29 is 9.59 Å². The van der Waals surface area contributed by atoms with E-state index in [1.54, 1.807) is 30.5 Å². The van der Waals surface area contributed by atoms with Crippen molar-refractivity contribution in [2.75, 3.05) is 10.6 Å². The van der Waals surface area contributed by atoms with Crippen LogP contribution in [0, 0.1) is 0 Å². The molecule has 0 aliphatic heterocycles. The van der Waals surface area contributed by atoms with Crippen LogP contribution in [0.1, 0.15) is 23.0 Å². The number of carbonyl (C=O) groups is 2. The van der Waals surface area contributed by atoms with E-state index in [-0.39, 0.29) is 11.8 Å². The zero-order chi connectivity index (χ0) is 20.5. The molecule has 3 N–H and O–H groups in total. The van der Waals surface area contributed by atoms with Crippen LogP contribution in [0.25, 0.3) is 0 Å². The van der Waals surface area contributed by atoms with Crippen LogP contribution in [0.3, 0.4) is 0 Å². The first kappa shape index (κ1) is 19.8. The van der Waals surface area contributed by atoms with E-state index in [1.807, 2.05) is 48.5 Å². The van der Waals surface area contributed by atoms with Gasteiger partial charge in [0, 0.05) is 30.1 Å². The van der Waals surface area contributed by atoms with Gasteiger partial charge in [0.1, 0.15) is 0 Å². The number of carbonyl (C=O) groups excluding carboxylic acids is 2. The number of rotatable bonds is 5. The number of para-hydroxylation sites is 1. The molecule has 0 aliphatic rings. The molecule has 146 valence electrons. The van der Waals surface area contributed by atoms with Gasteiger partial charge < -0.3 is 10.6 Å². The van der Waals surface area contributed by atoms with Gasteiger partial charge in [-0.3, -0.25) is 19.9 Å². The summed E-state index contributed by atoms with van der Waals surface area (Å²) < 4.78 is 0. The molecule has 0 saturated heterocycles. The van der Waals surface area contributed by atoms with Crippen molar-refractivity contribution in [2.24, 2.45) is 4.99 Å². The Kier molecular flexibility index (Phi) is 6.67. The van der Waals surface area contributed by atoms with E-state index in [1.165, 1.54) is 6.92 Å². The van der Waals surface area contributed by atoms with Crippen LogP contribution in [-0.2, 0) is 11.3 Å². The number of guanidine groups is 1. The SMILES string of the molecule is CC(=O)Nc1cccc(C(=O)NC(=NCc2ccccn2)Nc2ccccc2)c1. The number of benzene rings is 2. The number of anilines is 2. The van der Waals surface area contributed by atoms with Gasteiger partial charge in [0.2, 0.25) is 11.9 Å². The summed E-state index contributed by atoms with van der Waals surface area (Å²) in [7, 11) is 0. The second-order valence-electron chi connectivity index (χ2n) is 6.19. The number of nitrogens with one attached hydrogen (secondary N) is 3. The second-order valence-corrected chi connectivity index (χ2v) is 6.19. The van der Waals surface area contributed by atoms with E-state index in [0.29, 0.717) is 23.8 Å². The van der Waals surface area contributed by atoms with Crippen LogP contribution in [0.5, 0.6) is 0 Å². The summed E-state index contributed by atoms with van der Waals surface area (Å²) in [5.74, 6) is -0.247. The Bertz CT molecular complexity index is 1000. The predicted octanol–water partition coefficient (Wildman–Crippen LogP) is 3.44. The summed E-state index contributed by atoms with van der Waals surface area (Å²) in [6.07, 6.45) is 1.70. The standard InChI is InChI=1S/C22H21N5O2/c1-16(28)25-19-12-7-8-17(14-19)21(29)27-22(26-18-9-3-2-4-10-18)24-15-20-11-5-6-13-23-20/h2-14H,15H2,1H3,(H,25,28)(H2,24,26,27,29). The van der Waals surface area contributed by atoms with E-state index < -0.39 is 0 Å². The first-order valence-corrected chi connectivity index (χ1v) is 9.05. The molecular formula is C22H21N5O2. The number of aromatic nitrogens is 1. The number of nitrogens with zero attached hydrogens (tertiary/aromatic N) is 2. The molecule has 0 saturated carbocycles. The minimum atomic E-state index is -0.347. The molecule has 2 aromatic carbocycles. The summed E-state index contributed by atoms with van der Waals surface area (Å²) in [4.78, 5) is 32.7. The van der Waals surface area contributed by atoms with Crippen molar-refractivity contribution in [3.05, 3.63) is 90.3 Å². The maximum absolute atomic E-state index is 12.7. The summed E-state index contributed by atoms with van der Waals surface area (Å²) in [5.41, 5.74) is 2.52. The molecule has 1 heterocycles. The van der Waals surface area contributed by atoms with Gasteiger partial charge in [-0.1, -0.05) is 30.3 Å². The Hall–Kier alpha value is -4.00. The van der Waals surface area contributed by atoms with Gasteiger partial charge in [-0.2, -0.15) is 0 Å². The molecular weight excluding hydrogens is 366 g/mol. The third kappa shape index (κ3) is 6.28. The van der Waals surface area contributed by atoms with Gasteiger partial charge in [0.25, 0.3) is 5.91 Å². The Morgan fingerprint density at radius 3 is 2.38 bits per heavy atom. The Labute approximate surface area is 168 Å². The fraction of sp³-hybridized carbons (Fsp3) is 0.0909. The zero-order valence-corrected chi connectivity index (χ0v) is 15.9. The zero-order valence-electron chi connectivity index (χ0n) is 15.9. The molecule has 2 amide bonds. The largest absolute Gasteiger partial charge is 0.326 e. The molecule has 7 heteroatoms. The first-order valence-electron chi connectivity index (χ1n) is 9.05. The highest BCUT2D eigenvalue weighted by Crippen LogP contribution is 2.11. The normalized spacial score (nSPS) is 10.9. The summed E-state index contributed by atoms with van der Waals surface area (Å²) >= 11 is 0. The molecule has 0 radical (unpaired) electrons. The van der Waals surface area contributed by atoms with Crippen LogP contribution in [0.4, 0.5) is 11.4 Å². The molecule has 0 aliphatic carbocycles. The highest BCUT2D eigenvalue weighted by atomic mass is 16.2. The number of amides is 2. The highest BCUT2D eigenvalue weighted by Gasteiger charge is 2.10. The molecule has 1 aromatic heterocycles. The van der Waals surface area contributed by atoms with Crippen molar-refractivity contribution in [1.82, 2.24) is 10.3 Å². The first-order chi connectivity index (χ1) is 14.1. The molecule has 0 spiro atoms. The van der Waals surface area contributed by atoms with Crippen LogP contribution in [0.15, 0.2) is 84.0 Å². The third-order valence-corrected chi connectivity index (χ3v) is 3.84. The maximum atomic E-state index is 12.7. The monoisotopic (exact) mass is 387 g/mol. The van der Waals surface area contributed by atoms with E-state index in [2.05, 4.69) is 25.9 Å². The van der Waals surface area contributed by atoms with Gasteiger partial charge in [0.15, 0.2) is 0 Å². The lowest BCUT2D eigenvalue weighted by Crippen LogP contribution is -2.36. The fourth-order valence-corrected chi connectivity index (χ4v) is 2.54. The second kappa shape index (κ2) is 9.80. The van der Waals surface area contributed by atoms with Crippen LogP contribution in [-0.4, -0.2) is 22.8 Å². The molecule has 3 aromatic rings. The van der Waals surface area contributed by atoms with E-state index in [9.17, 15) is 9.59 Å². The van der Waals surface area contributed by atoms with Gasteiger partial charge >= 0.3 is 0 Å². The van der Waals surface area contributed by atoms with Gasteiger partial charge in [0.05, 0.1) is 12.2 Å². The quantitative estimate of drug-likeness (QED) is 0.462. The molecule has 7 nitrogen and oxygen atoms in total. The van der Waals surface area contributed by atoms with Crippen LogP contribution in [0.2, 0.25) is 0 Å². The average Bonchev–Trinajstić information content (AvgIpc) is 2.73. The maximum Gasteiger partial charge on any atom is 0.258 e. The van der Waals surface area contributed by atoms with Crippen molar-refractivity contribution in [3.63, 3.8) is 0 Å². The molecule has 0 unspecified atom stereocenters. The molecule has 0 fully saturated rings. The molecule has 0 atom stereocenters. The summed E-state index contributed by atoms with van der Waals surface area (Å²) in [6.45, 7) is 1.72. The topological polar surface area (TPSA) is 95.5 Å². The van der Waals surface area contributed by atoms with Gasteiger partial charge in [-0.15, -0.1) is 0 Å². The molecule has 29 heavy (non-hydrogen) atoms. The number of hydrogen-bond acceptors (Lipinski definition) is 4. The predicted molar refractivity (Wildman–Crippen MR) is 114 cm³/mol. The molecule has 3 rings (SSSR count).